The molecule has 0 aliphatic rings. The second-order valence-electron chi connectivity index (χ2n) is 8.58. The van der Waals surface area contributed by atoms with Crippen LogP contribution in [0.2, 0.25) is 0 Å². The third-order valence-corrected chi connectivity index (χ3v) is 5.02. The Balaban J connectivity index is 6.48. The van der Waals surface area contributed by atoms with Crippen LogP contribution in [-0.2, 0) is 47.7 Å². The Kier molecular flexibility index (Phi) is 18.9. The average molecular weight is 533 g/mol. The third kappa shape index (κ3) is 14.6. The molecule has 4 atom stereocenters. The van der Waals surface area contributed by atoms with Crippen LogP contribution in [0.25, 0.3) is 0 Å². The van der Waals surface area contributed by atoms with Crippen LogP contribution in [0, 0.1) is 0 Å². The first-order valence-corrected chi connectivity index (χ1v) is 13.2. The Bertz CT molecular complexity index is 707. The second-order valence-corrected chi connectivity index (χ2v) is 8.58. The van der Waals surface area contributed by atoms with Gasteiger partial charge in [0.15, 0.2) is 24.4 Å². The molecule has 11 nitrogen and oxygen atoms in total. The van der Waals surface area contributed by atoms with Gasteiger partial charge in [-0.1, -0.05) is 34.6 Å². The molecule has 0 aromatic carbocycles. The molecular formula is C26H44O11. The summed E-state index contributed by atoms with van der Waals surface area (Å²) in [5, 5.41) is 10.1. The molecule has 0 spiro atoms. The fraction of sp³-hybridized carbons (Fsp3) is 0.808. The van der Waals surface area contributed by atoms with Crippen LogP contribution >= 0.6 is 0 Å². The van der Waals surface area contributed by atoms with E-state index in [9.17, 15) is 29.1 Å². The van der Waals surface area contributed by atoms with Crippen molar-refractivity contribution < 1.29 is 52.8 Å². The maximum atomic E-state index is 12.6. The molecule has 0 aliphatic carbocycles. The Labute approximate surface area is 219 Å². The zero-order valence-electron chi connectivity index (χ0n) is 22.8. The van der Waals surface area contributed by atoms with E-state index in [-0.39, 0.29) is 32.1 Å². The molecule has 0 unspecified atom stereocenters. The van der Waals surface area contributed by atoms with E-state index in [1.54, 1.807) is 34.6 Å². The molecule has 0 bridgehead atoms. The average Bonchev–Trinajstić information content (AvgIpc) is 2.83. The van der Waals surface area contributed by atoms with Crippen molar-refractivity contribution >= 4 is 29.8 Å². The summed E-state index contributed by atoms with van der Waals surface area (Å²) < 4.78 is 27.3. The fourth-order valence-corrected chi connectivity index (χ4v) is 3.26. The minimum atomic E-state index is -1.53. The van der Waals surface area contributed by atoms with Gasteiger partial charge in [-0.25, -0.2) is 0 Å². The van der Waals surface area contributed by atoms with Gasteiger partial charge in [0.25, 0.3) is 0 Å². The minimum Gasteiger partial charge on any atom is -0.462 e. The number of rotatable bonds is 20. The summed E-state index contributed by atoms with van der Waals surface area (Å²) in [4.78, 5) is 61.9. The second kappa shape index (κ2) is 20.4. The number of esters is 5. The molecule has 0 aromatic heterocycles. The van der Waals surface area contributed by atoms with E-state index in [4.69, 9.17) is 23.7 Å². The van der Waals surface area contributed by atoms with E-state index < -0.39 is 67.5 Å². The van der Waals surface area contributed by atoms with Gasteiger partial charge in [-0.15, -0.1) is 0 Å². The van der Waals surface area contributed by atoms with Gasteiger partial charge < -0.3 is 28.8 Å². The van der Waals surface area contributed by atoms with Gasteiger partial charge in [-0.3, -0.25) is 24.0 Å². The van der Waals surface area contributed by atoms with E-state index in [1.165, 1.54) is 0 Å². The van der Waals surface area contributed by atoms with Crippen molar-refractivity contribution in [1.29, 1.82) is 0 Å². The Morgan fingerprint density at radius 1 is 0.514 bits per heavy atom. The van der Waals surface area contributed by atoms with E-state index in [0.717, 1.165) is 0 Å². The summed E-state index contributed by atoms with van der Waals surface area (Å²) >= 11 is 0. The zero-order chi connectivity index (χ0) is 28.2. The molecule has 0 aromatic rings. The van der Waals surface area contributed by atoms with Gasteiger partial charge >= 0.3 is 29.8 Å². The highest BCUT2D eigenvalue weighted by Crippen LogP contribution is 2.22. The molecule has 0 radical (unpaired) electrons. The Morgan fingerprint density at radius 2 is 0.838 bits per heavy atom. The van der Waals surface area contributed by atoms with Gasteiger partial charge in [0.1, 0.15) is 6.61 Å². The van der Waals surface area contributed by atoms with Gasteiger partial charge in [0.2, 0.25) is 0 Å². The van der Waals surface area contributed by atoms with Crippen molar-refractivity contribution in [3.63, 3.8) is 0 Å². The lowest BCUT2D eigenvalue weighted by Gasteiger charge is -2.35. The Morgan fingerprint density at radius 3 is 1.22 bits per heavy atom. The SMILES string of the molecule is CCCC(=O)OC[C@H](OC(=O)CCC)[C@@H](OC(=O)CCC)[C@H](OC(=O)CCC)[C@@H](CO)OC(=O)CCC. The molecule has 11 heteroatoms. The first kappa shape index (κ1) is 34.3. The van der Waals surface area contributed by atoms with Crippen molar-refractivity contribution in [2.45, 2.75) is 123 Å². The summed E-state index contributed by atoms with van der Waals surface area (Å²) in [6, 6.07) is 0. The van der Waals surface area contributed by atoms with Crippen molar-refractivity contribution in [2.24, 2.45) is 0 Å². The number of carbonyl (C=O) groups is 5. The molecule has 0 rings (SSSR count). The van der Waals surface area contributed by atoms with Crippen LogP contribution in [0.1, 0.15) is 98.8 Å². The van der Waals surface area contributed by atoms with Gasteiger partial charge in [0.05, 0.1) is 6.61 Å². The quantitative estimate of drug-likeness (QED) is 0.182. The predicted molar refractivity (Wildman–Crippen MR) is 132 cm³/mol. The first-order chi connectivity index (χ1) is 17.7. The Hall–Kier alpha value is -2.69. The van der Waals surface area contributed by atoms with Crippen LogP contribution in [0.3, 0.4) is 0 Å². The largest absolute Gasteiger partial charge is 0.462 e. The number of ether oxygens (including phenoxy) is 5. The molecule has 1 N–H and O–H groups in total. The number of carbonyl (C=O) groups excluding carboxylic acids is 5. The highest BCUT2D eigenvalue weighted by Gasteiger charge is 2.44. The number of hydrogen-bond acceptors (Lipinski definition) is 11. The number of aliphatic hydroxyl groups is 1. The lowest BCUT2D eigenvalue weighted by Crippen LogP contribution is -2.54. The van der Waals surface area contributed by atoms with E-state index in [2.05, 4.69) is 0 Å². The molecule has 0 fully saturated rings. The fourth-order valence-electron chi connectivity index (χ4n) is 3.26. The first-order valence-electron chi connectivity index (χ1n) is 13.2. The van der Waals surface area contributed by atoms with Crippen molar-refractivity contribution in [3.8, 4) is 0 Å². The summed E-state index contributed by atoms with van der Waals surface area (Å²) in [5.41, 5.74) is 0. The van der Waals surface area contributed by atoms with Crippen LogP contribution < -0.4 is 0 Å². The standard InChI is InChI=1S/C26H44O11/c1-6-11-20(28)33-17-19(35-22(30)13-8-3)26(37-24(32)15-10-5)25(36-23(31)14-9-4)18(16-27)34-21(29)12-7-2/h18-19,25-27H,6-17H2,1-5H3/t18-,19+,25-,26-/m1/s1. The van der Waals surface area contributed by atoms with E-state index in [1.807, 2.05) is 0 Å². The normalized spacial score (nSPS) is 14.0. The van der Waals surface area contributed by atoms with Crippen LogP contribution in [0.5, 0.6) is 0 Å². The topological polar surface area (TPSA) is 152 Å². The minimum absolute atomic E-state index is 0.00104. The van der Waals surface area contributed by atoms with Crippen molar-refractivity contribution in [1.82, 2.24) is 0 Å². The highest BCUT2D eigenvalue weighted by molar-refractivity contribution is 5.72. The molecule has 0 saturated heterocycles. The number of aliphatic hydroxyl groups excluding tert-OH is 1. The van der Waals surface area contributed by atoms with Crippen molar-refractivity contribution in [2.75, 3.05) is 13.2 Å². The van der Waals surface area contributed by atoms with E-state index in [0.29, 0.717) is 32.1 Å². The zero-order valence-corrected chi connectivity index (χ0v) is 22.8. The predicted octanol–water partition coefficient (Wildman–Crippen LogP) is 3.17. The summed E-state index contributed by atoms with van der Waals surface area (Å²) in [7, 11) is 0. The molecule has 0 amide bonds. The summed E-state index contributed by atoms with van der Waals surface area (Å²) in [6.07, 6.45) is -3.38. The van der Waals surface area contributed by atoms with Gasteiger partial charge in [-0.2, -0.15) is 0 Å². The number of hydrogen-bond donors (Lipinski definition) is 1. The summed E-state index contributed by atoms with van der Waals surface area (Å²) in [5.74, 6) is -3.28. The van der Waals surface area contributed by atoms with Crippen LogP contribution in [0.4, 0.5) is 0 Å². The highest BCUT2D eigenvalue weighted by atomic mass is 16.6. The van der Waals surface area contributed by atoms with Crippen LogP contribution in [-0.4, -0.2) is 72.6 Å². The van der Waals surface area contributed by atoms with Crippen molar-refractivity contribution in [3.05, 3.63) is 0 Å². The smallest absolute Gasteiger partial charge is 0.306 e. The molecule has 0 saturated carbocycles. The van der Waals surface area contributed by atoms with Gasteiger partial charge in [-0.05, 0) is 32.1 Å². The van der Waals surface area contributed by atoms with Crippen LogP contribution in [0.15, 0.2) is 0 Å². The maximum Gasteiger partial charge on any atom is 0.306 e. The molecule has 214 valence electrons. The molecule has 0 heterocycles. The lowest BCUT2D eigenvalue weighted by molar-refractivity contribution is -0.208. The molecular weight excluding hydrogens is 488 g/mol. The molecule has 37 heavy (non-hydrogen) atoms. The summed E-state index contributed by atoms with van der Waals surface area (Å²) in [6.45, 7) is 7.55. The lowest BCUT2D eigenvalue weighted by atomic mass is 10.0. The molecule has 0 aliphatic heterocycles. The third-order valence-electron chi connectivity index (χ3n) is 5.02. The van der Waals surface area contributed by atoms with E-state index >= 15 is 0 Å². The monoisotopic (exact) mass is 532 g/mol. The maximum absolute atomic E-state index is 12.6. The van der Waals surface area contributed by atoms with Gasteiger partial charge in [0, 0.05) is 32.1 Å².